The summed E-state index contributed by atoms with van der Waals surface area (Å²) in [4.78, 5) is 14.3. The molecule has 0 radical (unpaired) electrons. The molecule has 3 heterocycles. The van der Waals surface area contributed by atoms with Gasteiger partial charge in [0.05, 0.1) is 29.8 Å². The van der Waals surface area contributed by atoms with Crippen molar-refractivity contribution in [1.29, 1.82) is 0 Å². The van der Waals surface area contributed by atoms with Gasteiger partial charge in [0.1, 0.15) is 5.82 Å². The van der Waals surface area contributed by atoms with Crippen LogP contribution in [0.4, 0.5) is 10.2 Å². The molecule has 21 heavy (non-hydrogen) atoms. The summed E-state index contributed by atoms with van der Waals surface area (Å²) in [5, 5.41) is 0.828. The van der Waals surface area contributed by atoms with Gasteiger partial charge < -0.3 is 9.64 Å². The Hall–Kier alpha value is -1.82. The fourth-order valence-electron chi connectivity index (χ4n) is 2.44. The first-order chi connectivity index (χ1) is 10.1. The average Bonchev–Trinajstić information content (AvgIpc) is 2.48. The summed E-state index contributed by atoms with van der Waals surface area (Å²) in [5.74, 6) is 0.621. The molecule has 0 spiro atoms. The molecule has 0 saturated carbocycles. The number of aryl methyl sites for hydroxylation is 2. The number of pyridine rings is 1. The van der Waals surface area contributed by atoms with Crippen LogP contribution in [0.2, 0.25) is 0 Å². The molecule has 0 atom stereocenters. The van der Waals surface area contributed by atoms with E-state index in [0.717, 1.165) is 16.8 Å². The van der Waals surface area contributed by atoms with E-state index in [9.17, 15) is 4.39 Å². The van der Waals surface area contributed by atoms with Crippen LogP contribution in [-0.4, -0.2) is 41.3 Å². The number of morpholine rings is 1. The molecule has 1 fully saturated rings. The van der Waals surface area contributed by atoms with Gasteiger partial charge in [-0.3, -0.25) is 4.98 Å². The Bertz CT molecular complexity index is 621. The number of nitrogens with zero attached hydrogens (tertiary/aromatic N) is 4. The molecule has 0 aliphatic carbocycles. The predicted octanol–water partition coefficient (Wildman–Crippen LogP) is 2.64. The lowest BCUT2D eigenvalue weighted by molar-refractivity contribution is 0.122. The molecule has 114 valence electrons. The monoisotopic (exact) mass is 292 g/mol. The minimum absolute atomic E-state index is 0.610. The topological polar surface area (TPSA) is 51.1 Å². The number of hydrogen-bond acceptors (Lipinski definition) is 5. The maximum absolute atomic E-state index is 13.6. The lowest BCUT2D eigenvalue weighted by atomic mass is 10.2. The summed E-state index contributed by atoms with van der Waals surface area (Å²) in [6.45, 7) is 10.5. The highest BCUT2D eigenvalue weighted by Gasteiger charge is 2.19. The van der Waals surface area contributed by atoms with Gasteiger partial charge in [-0.15, -0.1) is 0 Å². The van der Waals surface area contributed by atoms with Crippen molar-refractivity contribution in [3.8, 4) is 0 Å². The molecule has 0 unspecified atom stereocenters. The Morgan fingerprint density at radius 2 is 1.76 bits per heavy atom. The minimum atomic E-state index is -0.695. The predicted molar refractivity (Wildman–Crippen MR) is 81.1 cm³/mol. The van der Waals surface area contributed by atoms with Gasteiger partial charge in [0.25, 0.3) is 0 Å². The van der Waals surface area contributed by atoms with Gasteiger partial charge in [-0.05, 0) is 19.9 Å². The molecule has 0 N–H and O–H groups in total. The van der Waals surface area contributed by atoms with Crippen LogP contribution in [0, 0.1) is 19.9 Å². The van der Waals surface area contributed by atoms with Crippen molar-refractivity contribution in [2.75, 3.05) is 31.2 Å². The fourth-order valence-corrected chi connectivity index (χ4v) is 2.44. The third kappa shape index (κ3) is 3.26. The SMILES string of the molecule is CC.Cc1cc2nc(F)nc(N3CCOCC3)c2c(C)n1. The second kappa shape index (κ2) is 6.76. The van der Waals surface area contributed by atoms with E-state index in [4.69, 9.17) is 4.74 Å². The first-order valence-corrected chi connectivity index (χ1v) is 7.29. The van der Waals surface area contributed by atoms with Crippen LogP contribution in [0.5, 0.6) is 0 Å². The number of rotatable bonds is 1. The third-order valence-corrected chi connectivity index (χ3v) is 3.25. The van der Waals surface area contributed by atoms with Crippen molar-refractivity contribution < 1.29 is 9.13 Å². The smallest absolute Gasteiger partial charge is 0.311 e. The normalized spacial score (nSPS) is 14.8. The van der Waals surface area contributed by atoms with Gasteiger partial charge >= 0.3 is 6.08 Å². The fraction of sp³-hybridized carbons (Fsp3) is 0.533. The van der Waals surface area contributed by atoms with Crippen LogP contribution in [0.15, 0.2) is 6.07 Å². The molecule has 2 aromatic heterocycles. The summed E-state index contributed by atoms with van der Waals surface area (Å²) in [5.41, 5.74) is 2.27. The van der Waals surface area contributed by atoms with Gasteiger partial charge in [0.2, 0.25) is 0 Å². The number of anilines is 1. The lowest BCUT2D eigenvalue weighted by Gasteiger charge is -2.28. The minimum Gasteiger partial charge on any atom is -0.378 e. The Morgan fingerprint density at radius 1 is 1.10 bits per heavy atom. The molecule has 1 saturated heterocycles. The zero-order valence-corrected chi connectivity index (χ0v) is 13.0. The van der Waals surface area contributed by atoms with Gasteiger partial charge in [-0.25, -0.2) is 4.98 Å². The van der Waals surface area contributed by atoms with Crippen molar-refractivity contribution in [1.82, 2.24) is 15.0 Å². The second-order valence-electron chi connectivity index (χ2n) is 4.66. The van der Waals surface area contributed by atoms with E-state index in [-0.39, 0.29) is 0 Å². The molecule has 0 aromatic carbocycles. The van der Waals surface area contributed by atoms with Crippen molar-refractivity contribution in [3.63, 3.8) is 0 Å². The van der Waals surface area contributed by atoms with Crippen molar-refractivity contribution >= 4 is 16.7 Å². The number of hydrogen-bond donors (Lipinski definition) is 0. The highest BCUT2D eigenvalue weighted by molar-refractivity contribution is 5.91. The van der Waals surface area contributed by atoms with E-state index in [1.165, 1.54) is 0 Å². The molecule has 1 aliphatic rings. The van der Waals surface area contributed by atoms with Crippen LogP contribution >= 0.6 is 0 Å². The summed E-state index contributed by atoms with van der Waals surface area (Å²) in [7, 11) is 0. The number of halogens is 1. The molecular formula is C15H21FN4O. The third-order valence-electron chi connectivity index (χ3n) is 3.25. The number of ether oxygens (including phenoxy) is 1. The van der Waals surface area contributed by atoms with Crippen LogP contribution < -0.4 is 4.90 Å². The maximum atomic E-state index is 13.6. The second-order valence-corrected chi connectivity index (χ2v) is 4.66. The van der Waals surface area contributed by atoms with Crippen molar-refractivity contribution in [2.45, 2.75) is 27.7 Å². The zero-order chi connectivity index (χ0) is 15.4. The molecule has 6 heteroatoms. The quantitative estimate of drug-likeness (QED) is 0.756. The van der Waals surface area contributed by atoms with Crippen molar-refractivity contribution in [2.24, 2.45) is 0 Å². The van der Waals surface area contributed by atoms with Gasteiger partial charge in [0, 0.05) is 18.8 Å². The summed E-state index contributed by atoms with van der Waals surface area (Å²) < 4.78 is 18.9. The number of aromatic nitrogens is 3. The Balaban J connectivity index is 0.000000774. The highest BCUT2D eigenvalue weighted by Crippen LogP contribution is 2.27. The van der Waals surface area contributed by atoms with E-state index in [1.54, 1.807) is 6.07 Å². The summed E-state index contributed by atoms with van der Waals surface area (Å²) >= 11 is 0. The van der Waals surface area contributed by atoms with Crippen LogP contribution in [0.3, 0.4) is 0 Å². The summed E-state index contributed by atoms with van der Waals surface area (Å²) in [6.07, 6.45) is -0.695. The molecule has 5 nitrogen and oxygen atoms in total. The largest absolute Gasteiger partial charge is 0.378 e. The summed E-state index contributed by atoms with van der Waals surface area (Å²) in [6, 6.07) is 1.79. The first-order valence-electron chi connectivity index (χ1n) is 7.29. The Morgan fingerprint density at radius 3 is 2.43 bits per heavy atom. The number of fused-ring (bicyclic) bond motifs is 1. The zero-order valence-electron chi connectivity index (χ0n) is 13.0. The Labute approximate surface area is 124 Å². The molecule has 1 aliphatic heterocycles. The van der Waals surface area contributed by atoms with Gasteiger partial charge in [-0.2, -0.15) is 9.37 Å². The molecule has 3 rings (SSSR count). The highest BCUT2D eigenvalue weighted by atomic mass is 19.1. The van der Waals surface area contributed by atoms with Gasteiger partial charge in [-0.1, -0.05) is 13.8 Å². The molecule has 0 bridgehead atoms. The molecule has 0 amide bonds. The van der Waals surface area contributed by atoms with Crippen molar-refractivity contribution in [3.05, 3.63) is 23.5 Å². The van der Waals surface area contributed by atoms with E-state index in [0.29, 0.717) is 37.6 Å². The average molecular weight is 292 g/mol. The molecule has 2 aromatic rings. The van der Waals surface area contributed by atoms with Crippen LogP contribution in [0.25, 0.3) is 10.9 Å². The standard InChI is InChI=1S/C13H15FN4O.C2H6/c1-8-7-10-11(9(2)15-8)12(17-13(14)16-10)18-3-5-19-6-4-18;1-2/h7H,3-6H2,1-2H3;1-2H3. The molecular weight excluding hydrogens is 271 g/mol. The van der Waals surface area contributed by atoms with Crippen LogP contribution in [0.1, 0.15) is 25.2 Å². The van der Waals surface area contributed by atoms with E-state index >= 15 is 0 Å². The van der Waals surface area contributed by atoms with E-state index in [2.05, 4.69) is 15.0 Å². The van der Waals surface area contributed by atoms with E-state index in [1.807, 2.05) is 32.6 Å². The first kappa shape index (κ1) is 15.6. The lowest BCUT2D eigenvalue weighted by Crippen LogP contribution is -2.37. The maximum Gasteiger partial charge on any atom is 0.311 e. The Kier molecular flexibility index (Phi) is 5.01. The van der Waals surface area contributed by atoms with Crippen LogP contribution in [-0.2, 0) is 4.74 Å². The van der Waals surface area contributed by atoms with Gasteiger partial charge in [0.15, 0.2) is 0 Å². The van der Waals surface area contributed by atoms with E-state index < -0.39 is 6.08 Å².